The van der Waals surface area contributed by atoms with Crippen LogP contribution in [0.25, 0.3) is 0 Å². The van der Waals surface area contributed by atoms with Crippen LogP contribution in [-0.2, 0) is 14.3 Å². The Bertz CT molecular complexity index is 659. The van der Waals surface area contributed by atoms with Gasteiger partial charge in [0.15, 0.2) is 6.10 Å². The summed E-state index contributed by atoms with van der Waals surface area (Å²) in [5.41, 5.74) is 2.41. The number of ether oxygens (including phenoxy) is 2. The molecular weight excluding hydrogens is 278 g/mol. The third-order valence-corrected chi connectivity index (χ3v) is 3.28. The summed E-state index contributed by atoms with van der Waals surface area (Å²) in [4.78, 5) is 12.3. The molecule has 0 fully saturated rings. The number of benzene rings is 2. The minimum Gasteiger partial charge on any atom is -0.440 e. The van der Waals surface area contributed by atoms with Gasteiger partial charge in [0.2, 0.25) is 6.10 Å². The Balaban J connectivity index is 2.15. The van der Waals surface area contributed by atoms with Gasteiger partial charge in [-0.2, -0.15) is 5.26 Å². The van der Waals surface area contributed by atoms with Crippen LogP contribution >= 0.6 is 0 Å². The van der Waals surface area contributed by atoms with Crippen molar-refractivity contribution in [1.82, 2.24) is 0 Å². The van der Waals surface area contributed by atoms with Crippen molar-refractivity contribution in [2.24, 2.45) is 0 Å². The molecule has 0 N–H and O–H groups in total. The van der Waals surface area contributed by atoms with E-state index >= 15 is 0 Å². The number of nitrogens with zero attached hydrogens (tertiary/aromatic N) is 1. The minimum absolute atomic E-state index is 0.583. The monoisotopic (exact) mass is 295 g/mol. The van der Waals surface area contributed by atoms with Gasteiger partial charge in [-0.25, -0.2) is 4.79 Å². The number of aryl methyl sites for hydroxylation is 1. The standard InChI is InChI=1S/C18H17NO3/c1-13-8-10-14(11-9-13)16(12-19)22-18(20)17(21-2)15-6-4-3-5-7-15/h3-11,16-17H,1-2H3/t16-,17-/m0/s1. The van der Waals surface area contributed by atoms with Gasteiger partial charge in [0.1, 0.15) is 6.07 Å². The number of hydrogen-bond acceptors (Lipinski definition) is 4. The first-order valence-corrected chi connectivity index (χ1v) is 6.90. The summed E-state index contributed by atoms with van der Waals surface area (Å²) >= 11 is 0. The maximum atomic E-state index is 12.3. The van der Waals surface area contributed by atoms with Crippen molar-refractivity contribution in [3.05, 3.63) is 71.3 Å². The summed E-state index contributed by atoms with van der Waals surface area (Å²) in [5.74, 6) is -0.583. The van der Waals surface area contributed by atoms with Crippen LogP contribution in [0.2, 0.25) is 0 Å². The van der Waals surface area contributed by atoms with Gasteiger partial charge in [-0.3, -0.25) is 0 Å². The quantitative estimate of drug-likeness (QED) is 0.792. The molecule has 2 aromatic carbocycles. The summed E-state index contributed by atoms with van der Waals surface area (Å²) in [6, 6.07) is 18.4. The highest BCUT2D eigenvalue weighted by Crippen LogP contribution is 2.23. The largest absolute Gasteiger partial charge is 0.440 e. The van der Waals surface area contributed by atoms with Crippen LogP contribution in [0.3, 0.4) is 0 Å². The van der Waals surface area contributed by atoms with E-state index in [9.17, 15) is 10.1 Å². The molecule has 0 aliphatic carbocycles. The van der Waals surface area contributed by atoms with Crippen molar-refractivity contribution in [2.75, 3.05) is 7.11 Å². The van der Waals surface area contributed by atoms with E-state index in [2.05, 4.69) is 0 Å². The number of carbonyl (C=O) groups is 1. The molecule has 0 unspecified atom stereocenters. The molecule has 0 bridgehead atoms. The van der Waals surface area contributed by atoms with E-state index in [-0.39, 0.29) is 0 Å². The summed E-state index contributed by atoms with van der Waals surface area (Å²) < 4.78 is 10.5. The molecule has 0 amide bonds. The number of methoxy groups -OCH3 is 1. The Morgan fingerprint density at radius 2 is 1.68 bits per heavy atom. The van der Waals surface area contributed by atoms with Gasteiger partial charge >= 0.3 is 5.97 Å². The number of rotatable bonds is 5. The Kier molecular flexibility index (Phi) is 5.29. The van der Waals surface area contributed by atoms with E-state index in [1.807, 2.05) is 43.3 Å². The molecule has 0 saturated heterocycles. The predicted octanol–water partition coefficient (Wildman–Crippen LogP) is 3.49. The highest BCUT2D eigenvalue weighted by atomic mass is 16.6. The van der Waals surface area contributed by atoms with E-state index in [0.717, 1.165) is 5.56 Å². The molecule has 4 heteroatoms. The molecule has 2 rings (SSSR count). The minimum atomic E-state index is -0.950. The highest BCUT2D eigenvalue weighted by Gasteiger charge is 2.25. The van der Waals surface area contributed by atoms with Gasteiger partial charge in [-0.1, -0.05) is 60.2 Å². The first-order chi connectivity index (χ1) is 10.7. The van der Waals surface area contributed by atoms with Crippen LogP contribution in [0, 0.1) is 18.3 Å². The molecule has 4 nitrogen and oxygen atoms in total. The first-order valence-electron chi connectivity index (χ1n) is 6.90. The second kappa shape index (κ2) is 7.39. The maximum Gasteiger partial charge on any atom is 0.341 e. The van der Waals surface area contributed by atoms with Crippen molar-refractivity contribution >= 4 is 5.97 Å². The number of hydrogen-bond donors (Lipinski definition) is 0. The third-order valence-electron chi connectivity index (χ3n) is 3.28. The van der Waals surface area contributed by atoms with Crippen LogP contribution in [-0.4, -0.2) is 13.1 Å². The molecular formula is C18H17NO3. The lowest BCUT2D eigenvalue weighted by molar-refractivity contribution is -0.159. The zero-order valence-corrected chi connectivity index (χ0v) is 12.5. The molecule has 0 saturated carbocycles. The highest BCUT2D eigenvalue weighted by molar-refractivity contribution is 5.77. The molecule has 0 radical (unpaired) electrons. The molecule has 0 aliphatic rings. The van der Waals surface area contributed by atoms with Gasteiger partial charge in [0, 0.05) is 12.7 Å². The molecule has 0 aliphatic heterocycles. The second-order valence-corrected chi connectivity index (χ2v) is 4.88. The van der Waals surface area contributed by atoms with Gasteiger partial charge in [0.25, 0.3) is 0 Å². The van der Waals surface area contributed by atoms with E-state index in [1.165, 1.54) is 7.11 Å². The van der Waals surface area contributed by atoms with E-state index in [1.54, 1.807) is 24.3 Å². The van der Waals surface area contributed by atoms with E-state index < -0.39 is 18.2 Å². The maximum absolute atomic E-state index is 12.3. The van der Waals surface area contributed by atoms with Crippen molar-refractivity contribution in [3.8, 4) is 6.07 Å². The molecule has 22 heavy (non-hydrogen) atoms. The zero-order chi connectivity index (χ0) is 15.9. The lowest BCUT2D eigenvalue weighted by Gasteiger charge is -2.17. The lowest BCUT2D eigenvalue weighted by Crippen LogP contribution is -2.20. The number of esters is 1. The van der Waals surface area contributed by atoms with Gasteiger partial charge < -0.3 is 9.47 Å². The zero-order valence-electron chi connectivity index (χ0n) is 12.5. The van der Waals surface area contributed by atoms with Crippen LogP contribution < -0.4 is 0 Å². The first kappa shape index (κ1) is 15.7. The van der Waals surface area contributed by atoms with Gasteiger partial charge in [0.05, 0.1) is 0 Å². The Morgan fingerprint density at radius 3 is 2.23 bits per heavy atom. The molecule has 2 atom stereocenters. The number of nitriles is 1. The van der Waals surface area contributed by atoms with Crippen molar-refractivity contribution in [3.63, 3.8) is 0 Å². The third kappa shape index (κ3) is 3.72. The van der Waals surface area contributed by atoms with Crippen LogP contribution in [0.5, 0.6) is 0 Å². The number of carbonyl (C=O) groups excluding carboxylic acids is 1. The van der Waals surface area contributed by atoms with Crippen molar-refractivity contribution < 1.29 is 14.3 Å². The lowest BCUT2D eigenvalue weighted by atomic mass is 10.1. The fourth-order valence-electron chi connectivity index (χ4n) is 2.08. The molecule has 2 aromatic rings. The summed E-state index contributed by atoms with van der Waals surface area (Å²) in [7, 11) is 1.44. The fourth-order valence-corrected chi connectivity index (χ4v) is 2.08. The van der Waals surface area contributed by atoms with Crippen LogP contribution in [0.4, 0.5) is 0 Å². The molecule has 112 valence electrons. The fraction of sp³-hybridized carbons (Fsp3) is 0.222. The van der Waals surface area contributed by atoms with Gasteiger partial charge in [-0.05, 0) is 12.5 Å². The Hall–Kier alpha value is -2.64. The summed E-state index contributed by atoms with van der Waals surface area (Å²) in [5, 5.41) is 9.25. The Labute approximate surface area is 129 Å². The smallest absolute Gasteiger partial charge is 0.341 e. The average Bonchev–Trinajstić information content (AvgIpc) is 2.55. The normalized spacial score (nSPS) is 13.0. The predicted molar refractivity (Wildman–Crippen MR) is 81.8 cm³/mol. The van der Waals surface area contributed by atoms with Gasteiger partial charge in [-0.15, -0.1) is 0 Å². The molecule has 0 aromatic heterocycles. The van der Waals surface area contributed by atoms with Crippen LogP contribution in [0.1, 0.15) is 28.9 Å². The summed E-state index contributed by atoms with van der Waals surface area (Å²) in [6.45, 7) is 1.95. The second-order valence-electron chi connectivity index (χ2n) is 4.88. The van der Waals surface area contributed by atoms with E-state index in [4.69, 9.17) is 9.47 Å². The average molecular weight is 295 g/mol. The molecule has 0 spiro atoms. The summed E-state index contributed by atoms with van der Waals surface area (Å²) in [6.07, 6.45) is -1.79. The topological polar surface area (TPSA) is 59.3 Å². The van der Waals surface area contributed by atoms with E-state index in [0.29, 0.717) is 11.1 Å². The SMILES string of the molecule is CO[C@H](C(=O)O[C@@H](C#N)c1ccc(C)cc1)c1ccccc1. The van der Waals surface area contributed by atoms with Crippen LogP contribution in [0.15, 0.2) is 54.6 Å². The molecule has 0 heterocycles. The Morgan fingerprint density at radius 1 is 1.05 bits per heavy atom. The van der Waals surface area contributed by atoms with Crippen molar-refractivity contribution in [2.45, 2.75) is 19.1 Å². The van der Waals surface area contributed by atoms with Crippen molar-refractivity contribution in [1.29, 1.82) is 5.26 Å².